The molecule has 0 heterocycles. The van der Waals surface area contributed by atoms with E-state index in [1.807, 2.05) is 6.92 Å². The number of ether oxygens (including phenoxy) is 2. The zero-order valence-corrected chi connectivity index (χ0v) is 13.5. The van der Waals surface area contributed by atoms with Crippen LogP contribution in [0.3, 0.4) is 0 Å². The summed E-state index contributed by atoms with van der Waals surface area (Å²) < 4.78 is 10.4. The number of amides is 1. The number of rotatable bonds is 10. The van der Waals surface area contributed by atoms with Gasteiger partial charge in [-0.05, 0) is 30.7 Å². The van der Waals surface area contributed by atoms with E-state index in [0.29, 0.717) is 18.7 Å². The SMILES string of the molecule is CCCC(=O)OC[C@@H](CNc1ccc(NC(=O)CO)cc1)OC. The van der Waals surface area contributed by atoms with Gasteiger partial charge in [0.1, 0.15) is 19.3 Å². The van der Waals surface area contributed by atoms with Crippen LogP contribution in [-0.4, -0.2) is 50.0 Å². The van der Waals surface area contributed by atoms with Crippen molar-refractivity contribution < 1.29 is 24.2 Å². The van der Waals surface area contributed by atoms with Crippen LogP contribution in [0.25, 0.3) is 0 Å². The van der Waals surface area contributed by atoms with Crippen LogP contribution in [0, 0.1) is 0 Å². The average Bonchev–Trinajstić information content (AvgIpc) is 2.56. The van der Waals surface area contributed by atoms with Crippen LogP contribution >= 0.6 is 0 Å². The molecule has 1 aromatic carbocycles. The highest BCUT2D eigenvalue weighted by molar-refractivity contribution is 5.91. The molecular weight excluding hydrogens is 300 g/mol. The molecule has 0 fully saturated rings. The van der Waals surface area contributed by atoms with Gasteiger partial charge in [-0.2, -0.15) is 0 Å². The van der Waals surface area contributed by atoms with Crippen molar-refractivity contribution in [3.05, 3.63) is 24.3 Å². The summed E-state index contributed by atoms with van der Waals surface area (Å²) >= 11 is 0. The summed E-state index contributed by atoms with van der Waals surface area (Å²) in [6, 6.07) is 7.03. The number of carbonyl (C=O) groups is 2. The second-order valence-corrected chi connectivity index (χ2v) is 4.96. The van der Waals surface area contributed by atoms with Gasteiger partial charge >= 0.3 is 5.97 Å². The van der Waals surface area contributed by atoms with Gasteiger partial charge in [-0.25, -0.2) is 0 Å². The molecule has 0 aliphatic rings. The molecule has 3 N–H and O–H groups in total. The van der Waals surface area contributed by atoms with Crippen molar-refractivity contribution in [2.75, 3.05) is 37.5 Å². The second kappa shape index (κ2) is 10.6. The fourth-order valence-electron chi connectivity index (χ4n) is 1.78. The molecule has 1 aromatic rings. The molecule has 1 rings (SSSR count). The van der Waals surface area contributed by atoms with Crippen LogP contribution in [0.15, 0.2) is 24.3 Å². The molecule has 0 aliphatic carbocycles. The normalized spacial score (nSPS) is 11.6. The third-order valence-electron chi connectivity index (χ3n) is 3.06. The molecule has 128 valence electrons. The average molecular weight is 324 g/mol. The van der Waals surface area contributed by atoms with E-state index in [4.69, 9.17) is 14.6 Å². The Morgan fingerprint density at radius 3 is 2.43 bits per heavy atom. The standard InChI is InChI=1S/C16H24N2O5/c1-3-4-16(21)23-11-14(22-2)9-17-12-5-7-13(8-6-12)18-15(20)10-19/h5-8,14,17,19H,3-4,9-11H2,1-2H3,(H,18,20)/t14-/m1/s1. The summed E-state index contributed by atoms with van der Waals surface area (Å²) in [5.41, 5.74) is 1.44. The first kappa shape index (κ1) is 18.9. The van der Waals surface area contributed by atoms with Crippen molar-refractivity contribution in [3.8, 4) is 0 Å². The number of esters is 1. The van der Waals surface area contributed by atoms with Gasteiger partial charge in [0.05, 0.1) is 0 Å². The Kier molecular flexibility index (Phi) is 8.71. The monoisotopic (exact) mass is 324 g/mol. The fraction of sp³-hybridized carbons (Fsp3) is 0.500. The molecular formula is C16H24N2O5. The zero-order valence-electron chi connectivity index (χ0n) is 13.5. The smallest absolute Gasteiger partial charge is 0.305 e. The van der Waals surface area contributed by atoms with Crippen molar-refractivity contribution in [3.63, 3.8) is 0 Å². The number of methoxy groups -OCH3 is 1. The van der Waals surface area contributed by atoms with E-state index in [1.165, 1.54) is 0 Å². The lowest BCUT2D eigenvalue weighted by Crippen LogP contribution is -2.28. The molecule has 0 aliphatic heterocycles. The van der Waals surface area contributed by atoms with Gasteiger partial charge in [-0.3, -0.25) is 9.59 Å². The third-order valence-corrected chi connectivity index (χ3v) is 3.06. The number of carbonyl (C=O) groups excluding carboxylic acids is 2. The lowest BCUT2D eigenvalue weighted by atomic mass is 10.2. The van der Waals surface area contributed by atoms with Crippen LogP contribution in [-0.2, 0) is 19.1 Å². The lowest BCUT2D eigenvalue weighted by Gasteiger charge is -2.17. The number of anilines is 2. The van der Waals surface area contributed by atoms with E-state index >= 15 is 0 Å². The molecule has 0 aromatic heterocycles. The van der Waals surface area contributed by atoms with E-state index in [2.05, 4.69) is 10.6 Å². The van der Waals surface area contributed by atoms with Crippen molar-refractivity contribution >= 4 is 23.3 Å². The Hall–Kier alpha value is -2.12. The number of benzene rings is 1. The molecule has 7 nitrogen and oxygen atoms in total. The molecule has 0 unspecified atom stereocenters. The molecule has 23 heavy (non-hydrogen) atoms. The Bertz CT molecular complexity index is 490. The first-order valence-corrected chi connectivity index (χ1v) is 7.52. The minimum atomic E-state index is -0.549. The molecule has 1 atom stereocenters. The minimum Gasteiger partial charge on any atom is -0.463 e. The zero-order chi connectivity index (χ0) is 17.1. The predicted molar refractivity (Wildman–Crippen MR) is 87.3 cm³/mol. The van der Waals surface area contributed by atoms with Gasteiger partial charge in [0, 0.05) is 31.5 Å². The van der Waals surface area contributed by atoms with Crippen molar-refractivity contribution in [2.24, 2.45) is 0 Å². The van der Waals surface area contributed by atoms with E-state index in [0.717, 1.165) is 12.1 Å². The number of aliphatic hydroxyl groups is 1. The lowest BCUT2D eigenvalue weighted by molar-refractivity contribution is -0.147. The summed E-state index contributed by atoms with van der Waals surface area (Å²) in [6.45, 7) is 2.06. The van der Waals surface area contributed by atoms with Crippen molar-refractivity contribution in [2.45, 2.75) is 25.9 Å². The van der Waals surface area contributed by atoms with E-state index in [1.54, 1.807) is 31.4 Å². The predicted octanol–water partition coefficient (Wildman–Crippen LogP) is 1.39. The molecule has 0 bridgehead atoms. The number of aliphatic hydroxyl groups excluding tert-OH is 1. The third kappa shape index (κ3) is 7.62. The quantitative estimate of drug-likeness (QED) is 0.563. The Morgan fingerprint density at radius 1 is 1.22 bits per heavy atom. The molecule has 0 spiro atoms. The molecule has 1 amide bonds. The van der Waals surface area contributed by atoms with E-state index in [9.17, 15) is 9.59 Å². The van der Waals surface area contributed by atoms with Crippen LogP contribution in [0.5, 0.6) is 0 Å². The number of hydrogen-bond donors (Lipinski definition) is 3. The van der Waals surface area contributed by atoms with Crippen LogP contribution in [0.4, 0.5) is 11.4 Å². The van der Waals surface area contributed by atoms with Gasteiger partial charge in [-0.15, -0.1) is 0 Å². The number of hydrogen-bond acceptors (Lipinski definition) is 6. The summed E-state index contributed by atoms with van der Waals surface area (Å²) in [6.07, 6.45) is 0.920. The molecule has 7 heteroatoms. The van der Waals surface area contributed by atoms with Crippen LogP contribution in [0.2, 0.25) is 0 Å². The van der Waals surface area contributed by atoms with Crippen molar-refractivity contribution in [1.82, 2.24) is 0 Å². The highest BCUT2D eigenvalue weighted by Gasteiger charge is 2.10. The Labute approximate surface area is 136 Å². The summed E-state index contributed by atoms with van der Waals surface area (Å²) in [7, 11) is 1.56. The number of nitrogens with one attached hydrogen (secondary N) is 2. The first-order chi connectivity index (χ1) is 11.1. The van der Waals surface area contributed by atoms with Crippen LogP contribution in [0.1, 0.15) is 19.8 Å². The maximum absolute atomic E-state index is 11.3. The molecule has 0 radical (unpaired) electrons. The minimum absolute atomic E-state index is 0.201. The Balaban J connectivity index is 2.40. The maximum atomic E-state index is 11.3. The highest BCUT2D eigenvalue weighted by Crippen LogP contribution is 2.13. The van der Waals surface area contributed by atoms with Crippen LogP contribution < -0.4 is 10.6 Å². The molecule has 0 saturated heterocycles. The maximum Gasteiger partial charge on any atom is 0.305 e. The molecule has 0 saturated carbocycles. The Morgan fingerprint density at radius 2 is 1.87 bits per heavy atom. The largest absolute Gasteiger partial charge is 0.463 e. The van der Waals surface area contributed by atoms with Gasteiger partial charge in [0.2, 0.25) is 5.91 Å². The van der Waals surface area contributed by atoms with E-state index < -0.39 is 12.5 Å². The summed E-state index contributed by atoms with van der Waals surface area (Å²) in [5, 5.41) is 14.4. The summed E-state index contributed by atoms with van der Waals surface area (Å²) in [4.78, 5) is 22.4. The topological polar surface area (TPSA) is 96.9 Å². The second-order valence-electron chi connectivity index (χ2n) is 4.96. The van der Waals surface area contributed by atoms with Gasteiger partial charge < -0.3 is 25.2 Å². The first-order valence-electron chi connectivity index (χ1n) is 7.52. The van der Waals surface area contributed by atoms with E-state index in [-0.39, 0.29) is 18.7 Å². The highest BCUT2D eigenvalue weighted by atomic mass is 16.6. The summed E-state index contributed by atoms with van der Waals surface area (Å²) in [5.74, 6) is -0.683. The van der Waals surface area contributed by atoms with Gasteiger partial charge in [-0.1, -0.05) is 6.92 Å². The van der Waals surface area contributed by atoms with Crippen molar-refractivity contribution in [1.29, 1.82) is 0 Å². The fourth-order valence-corrected chi connectivity index (χ4v) is 1.78. The van der Waals surface area contributed by atoms with Gasteiger partial charge in [0.25, 0.3) is 0 Å². The van der Waals surface area contributed by atoms with Gasteiger partial charge in [0.15, 0.2) is 0 Å².